The van der Waals surface area contributed by atoms with Crippen molar-refractivity contribution in [2.24, 2.45) is 17.8 Å². The summed E-state index contributed by atoms with van der Waals surface area (Å²) in [5.74, 6) is 0.327. The van der Waals surface area contributed by atoms with E-state index in [1.54, 1.807) is 4.90 Å². The minimum absolute atomic E-state index is 0.193. The van der Waals surface area contributed by atoms with E-state index in [1.807, 2.05) is 20.8 Å². The Morgan fingerprint density at radius 1 is 1.05 bits per heavy atom. The van der Waals surface area contributed by atoms with E-state index in [-0.39, 0.29) is 23.9 Å². The summed E-state index contributed by atoms with van der Waals surface area (Å²) in [4.78, 5) is 26.1. The van der Waals surface area contributed by atoms with Gasteiger partial charge in [0.05, 0.1) is 13.0 Å². The Morgan fingerprint density at radius 2 is 1.68 bits per heavy atom. The summed E-state index contributed by atoms with van der Waals surface area (Å²) in [6.07, 6.45) is 5.71. The van der Waals surface area contributed by atoms with Crippen LogP contribution in [-0.2, 0) is 14.3 Å². The molecule has 0 unspecified atom stereocenters. The molecule has 5 nitrogen and oxygen atoms in total. The zero-order valence-electron chi connectivity index (χ0n) is 14.3. The molecule has 0 radical (unpaired) electrons. The number of amides is 1. The van der Waals surface area contributed by atoms with Crippen LogP contribution in [0.25, 0.3) is 0 Å². The highest BCUT2D eigenvalue weighted by Gasteiger charge is 2.45. The Hall–Kier alpha value is -1.26. The van der Waals surface area contributed by atoms with Crippen molar-refractivity contribution in [3.8, 4) is 0 Å². The molecule has 1 aliphatic carbocycles. The van der Waals surface area contributed by atoms with Gasteiger partial charge in [0, 0.05) is 13.1 Å². The number of ether oxygens (including phenoxy) is 2. The number of carbonyl (C=O) groups is 2. The zero-order valence-corrected chi connectivity index (χ0v) is 14.3. The number of nitrogens with zero attached hydrogens (tertiary/aromatic N) is 1. The van der Waals surface area contributed by atoms with E-state index in [0.717, 1.165) is 12.8 Å². The van der Waals surface area contributed by atoms with Crippen LogP contribution in [0.15, 0.2) is 0 Å². The molecule has 0 spiro atoms. The van der Waals surface area contributed by atoms with Gasteiger partial charge in [-0.05, 0) is 32.6 Å². The number of esters is 1. The van der Waals surface area contributed by atoms with Gasteiger partial charge in [0.1, 0.15) is 5.60 Å². The summed E-state index contributed by atoms with van der Waals surface area (Å²) in [6, 6.07) is 0. The zero-order chi connectivity index (χ0) is 16.3. The molecule has 126 valence electrons. The van der Waals surface area contributed by atoms with Gasteiger partial charge in [-0.1, -0.05) is 32.1 Å². The number of likely N-dealkylation sites (tertiary alicyclic amines) is 1. The topological polar surface area (TPSA) is 55.8 Å². The maximum Gasteiger partial charge on any atom is 0.410 e. The predicted molar refractivity (Wildman–Crippen MR) is 83.4 cm³/mol. The van der Waals surface area contributed by atoms with Gasteiger partial charge in [-0.2, -0.15) is 0 Å². The molecule has 0 aromatic heterocycles. The molecule has 2 rings (SSSR count). The lowest BCUT2D eigenvalue weighted by Crippen LogP contribution is -2.36. The van der Waals surface area contributed by atoms with Gasteiger partial charge in [-0.25, -0.2) is 4.79 Å². The fourth-order valence-corrected chi connectivity index (χ4v) is 3.75. The van der Waals surface area contributed by atoms with Crippen molar-refractivity contribution in [1.82, 2.24) is 4.90 Å². The highest BCUT2D eigenvalue weighted by atomic mass is 16.6. The maximum atomic E-state index is 12.3. The molecule has 0 N–H and O–H groups in total. The lowest BCUT2D eigenvalue weighted by atomic mass is 9.75. The molecular formula is C17H29NO4. The Labute approximate surface area is 133 Å². The maximum absolute atomic E-state index is 12.3. The van der Waals surface area contributed by atoms with Crippen LogP contribution >= 0.6 is 0 Å². The van der Waals surface area contributed by atoms with Crippen molar-refractivity contribution in [1.29, 1.82) is 0 Å². The molecule has 5 heteroatoms. The fourth-order valence-electron chi connectivity index (χ4n) is 3.75. The molecular weight excluding hydrogens is 282 g/mol. The molecule has 1 heterocycles. The monoisotopic (exact) mass is 311 g/mol. The number of rotatable bonds is 2. The fraction of sp³-hybridized carbons (Fsp3) is 0.882. The number of hydrogen-bond acceptors (Lipinski definition) is 4. The number of methoxy groups -OCH3 is 1. The average Bonchev–Trinajstić information content (AvgIpc) is 2.91. The minimum Gasteiger partial charge on any atom is -0.469 e. The summed E-state index contributed by atoms with van der Waals surface area (Å²) < 4.78 is 10.4. The third-order valence-corrected chi connectivity index (χ3v) is 4.78. The van der Waals surface area contributed by atoms with E-state index in [2.05, 4.69) is 0 Å². The van der Waals surface area contributed by atoms with Crippen LogP contribution in [0.5, 0.6) is 0 Å². The van der Waals surface area contributed by atoms with E-state index in [0.29, 0.717) is 19.0 Å². The Bertz CT molecular complexity index is 409. The molecule has 2 atom stereocenters. The summed E-state index contributed by atoms with van der Waals surface area (Å²) in [5.41, 5.74) is -0.513. The van der Waals surface area contributed by atoms with Crippen molar-refractivity contribution in [3.05, 3.63) is 0 Å². The summed E-state index contributed by atoms with van der Waals surface area (Å²) in [7, 11) is 1.43. The van der Waals surface area contributed by atoms with Crippen molar-refractivity contribution in [3.63, 3.8) is 0 Å². The first-order valence-corrected chi connectivity index (χ1v) is 8.37. The normalized spacial score (nSPS) is 26.8. The standard InChI is InChI=1S/C17H29NO4/c1-17(2,3)22-16(20)18-10-13(12-8-6-5-7-9-12)14(11-18)15(19)21-4/h12-14H,5-11H2,1-4H3/t13-,14+/m0/s1. The van der Waals surface area contributed by atoms with Gasteiger partial charge in [0.2, 0.25) is 0 Å². The van der Waals surface area contributed by atoms with Gasteiger partial charge in [0.25, 0.3) is 0 Å². The van der Waals surface area contributed by atoms with Crippen LogP contribution in [-0.4, -0.2) is 42.8 Å². The van der Waals surface area contributed by atoms with Crippen LogP contribution < -0.4 is 0 Å². The molecule has 0 bridgehead atoms. The van der Waals surface area contributed by atoms with Gasteiger partial charge < -0.3 is 14.4 Å². The molecule has 22 heavy (non-hydrogen) atoms. The first-order chi connectivity index (χ1) is 10.3. The molecule has 0 aromatic rings. The lowest BCUT2D eigenvalue weighted by Gasteiger charge is -2.30. The molecule has 2 fully saturated rings. The summed E-state index contributed by atoms with van der Waals surface area (Å²) in [5, 5.41) is 0. The lowest BCUT2D eigenvalue weighted by molar-refractivity contribution is -0.147. The highest BCUT2D eigenvalue weighted by Crippen LogP contribution is 2.39. The first-order valence-electron chi connectivity index (χ1n) is 8.37. The highest BCUT2D eigenvalue weighted by molar-refractivity contribution is 5.76. The molecule has 0 aromatic carbocycles. The largest absolute Gasteiger partial charge is 0.469 e. The van der Waals surface area contributed by atoms with Gasteiger partial charge in [-0.3, -0.25) is 4.79 Å². The Balaban J connectivity index is 2.07. The molecule has 1 aliphatic heterocycles. The average molecular weight is 311 g/mol. The minimum atomic E-state index is -0.513. The van der Waals surface area contributed by atoms with E-state index < -0.39 is 5.60 Å². The quantitative estimate of drug-likeness (QED) is 0.735. The molecule has 1 amide bonds. The van der Waals surface area contributed by atoms with E-state index in [1.165, 1.54) is 26.4 Å². The SMILES string of the molecule is COC(=O)[C@@H]1CN(C(=O)OC(C)(C)C)C[C@H]1C1CCCCC1. The summed E-state index contributed by atoms with van der Waals surface area (Å²) in [6.45, 7) is 6.61. The third kappa shape index (κ3) is 4.14. The van der Waals surface area contributed by atoms with E-state index in [9.17, 15) is 9.59 Å². The van der Waals surface area contributed by atoms with Crippen molar-refractivity contribution >= 4 is 12.1 Å². The van der Waals surface area contributed by atoms with Crippen molar-refractivity contribution in [2.45, 2.75) is 58.5 Å². The van der Waals surface area contributed by atoms with Gasteiger partial charge in [-0.15, -0.1) is 0 Å². The van der Waals surface area contributed by atoms with Crippen LogP contribution in [0.1, 0.15) is 52.9 Å². The summed E-state index contributed by atoms with van der Waals surface area (Å²) >= 11 is 0. The van der Waals surface area contributed by atoms with Gasteiger partial charge in [0.15, 0.2) is 0 Å². The van der Waals surface area contributed by atoms with Gasteiger partial charge >= 0.3 is 12.1 Å². The third-order valence-electron chi connectivity index (χ3n) is 4.78. The van der Waals surface area contributed by atoms with Crippen LogP contribution in [0.3, 0.4) is 0 Å². The predicted octanol–water partition coefficient (Wildman–Crippen LogP) is 3.22. The van der Waals surface area contributed by atoms with Crippen LogP contribution in [0.2, 0.25) is 0 Å². The second-order valence-electron chi connectivity index (χ2n) is 7.58. The number of hydrogen-bond donors (Lipinski definition) is 0. The van der Waals surface area contributed by atoms with E-state index >= 15 is 0 Å². The van der Waals surface area contributed by atoms with Crippen LogP contribution in [0, 0.1) is 17.8 Å². The second kappa shape index (κ2) is 6.88. The smallest absolute Gasteiger partial charge is 0.410 e. The van der Waals surface area contributed by atoms with Crippen molar-refractivity contribution in [2.75, 3.05) is 20.2 Å². The molecule has 1 saturated carbocycles. The Morgan fingerprint density at radius 3 is 2.23 bits per heavy atom. The second-order valence-corrected chi connectivity index (χ2v) is 7.58. The molecule has 2 aliphatic rings. The first kappa shape index (κ1) is 17.1. The number of carbonyl (C=O) groups excluding carboxylic acids is 2. The van der Waals surface area contributed by atoms with E-state index in [4.69, 9.17) is 9.47 Å². The molecule has 1 saturated heterocycles. The van der Waals surface area contributed by atoms with Crippen molar-refractivity contribution < 1.29 is 19.1 Å². The Kier molecular flexibility index (Phi) is 5.35. The van der Waals surface area contributed by atoms with Crippen LogP contribution in [0.4, 0.5) is 4.79 Å².